The van der Waals surface area contributed by atoms with Crippen LogP contribution in [-0.4, -0.2) is 25.3 Å². The first-order chi connectivity index (χ1) is 8.88. The minimum absolute atomic E-state index is 0.484. The lowest BCUT2D eigenvalue weighted by atomic mass is 9.92. The summed E-state index contributed by atoms with van der Waals surface area (Å²) in [6, 6.07) is 11.4. The van der Waals surface area contributed by atoms with Gasteiger partial charge in [-0.2, -0.15) is 0 Å². The summed E-state index contributed by atoms with van der Waals surface area (Å²) in [5.74, 6) is 0. The predicted molar refractivity (Wildman–Crippen MR) is 75.8 cm³/mol. The summed E-state index contributed by atoms with van der Waals surface area (Å²) in [6.45, 7) is 4.02. The zero-order chi connectivity index (χ0) is 12.6. The van der Waals surface area contributed by atoms with Crippen molar-refractivity contribution >= 4 is 0 Å². The fourth-order valence-electron chi connectivity index (χ4n) is 2.78. The molecule has 100 valence electrons. The average Bonchev–Trinajstić information content (AvgIpc) is 2.41. The molecule has 0 amide bonds. The summed E-state index contributed by atoms with van der Waals surface area (Å²) in [7, 11) is 0. The standard InChI is InChI=1S/C16H25NO/c1-2-18-16-10-6-9-15(13-16)17-12-11-14-7-4-3-5-8-14/h3-5,7-8,15-17H,2,6,9-13H2,1H3. The fraction of sp³-hybridized carbons (Fsp3) is 0.625. The lowest BCUT2D eigenvalue weighted by Gasteiger charge is -2.29. The predicted octanol–water partition coefficient (Wildman–Crippen LogP) is 3.17. The normalized spacial score (nSPS) is 24.1. The van der Waals surface area contributed by atoms with Crippen LogP contribution in [0.2, 0.25) is 0 Å². The number of nitrogens with one attached hydrogen (secondary N) is 1. The van der Waals surface area contributed by atoms with Crippen LogP contribution in [0.3, 0.4) is 0 Å². The molecule has 2 atom stereocenters. The van der Waals surface area contributed by atoms with E-state index in [-0.39, 0.29) is 0 Å². The molecule has 0 bridgehead atoms. The van der Waals surface area contributed by atoms with Crippen LogP contribution in [0.4, 0.5) is 0 Å². The zero-order valence-electron chi connectivity index (χ0n) is 11.4. The summed E-state index contributed by atoms with van der Waals surface area (Å²) >= 11 is 0. The van der Waals surface area contributed by atoms with E-state index in [2.05, 4.69) is 42.6 Å². The molecule has 0 heterocycles. The molecular formula is C16H25NO. The first kappa shape index (κ1) is 13.6. The molecule has 0 aliphatic heterocycles. The Morgan fingerprint density at radius 2 is 2.06 bits per heavy atom. The lowest BCUT2D eigenvalue weighted by molar-refractivity contribution is 0.0274. The number of rotatable bonds is 6. The van der Waals surface area contributed by atoms with Crippen molar-refractivity contribution in [1.82, 2.24) is 5.32 Å². The van der Waals surface area contributed by atoms with Gasteiger partial charge in [-0.1, -0.05) is 30.3 Å². The Hall–Kier alpha value is -0.860. The molecule has 1 aliphatic carbocycles. The lowest BCUT2D eigenvalue weighted by Crippen LogP contribution is -2.38. The molecule has 2 rings (SSSR count). The Labute approximate surface area is 111 Å². The van der Waals surface area contributed by atoms with Crippen LogP contribution in [-0.2, 0) is 11.2 Å². The molecule has 0 spiro atoms. The van der Waals surface area contributed by atoms with Gasteiger partial charge in [-0.05, 0) is 51.1 Å². The van der Waals surface area contributed by atoms with E-state index >= 15 is 0 Å². The molecule has 0 saturated heterocycles. The van der Waals surface area contributed by atoms with Crippen LogP contribution in [0.15, 0.2) is 30.3 Å². The van der Waals surface area contributed by atoms with Crippen molar-refractivity contribution in [3.05, 3.63) is 35.9 Å². The average molecular weight is 247 g/mol. The molecule has 1 aromatic rings. The third-order valence-electron chi connectivity index (χ3n) is 3.72. The second-order valence-corrected chi connectivity index (χ2v) is 5.13. The van der Waals surface area contributed by atoms with E-state index in [1.807, 2.05) is 0 Å². The van der Waals surface area contributed by atoms with Crippen molar-refractivity contribution in [3.8, 4) is 0 Å². The highest BCUT2D eigenvalue weighted by Crippen LogP contribution is 2.21. The third-order valence-corrected chi connectivity index (χ3v) is 3.72. The van der Waals surface area contributed by atoms with Crippen LogP contribution < -0.4 is 5.32 Å². The summed E-state index contributed by atoms with van der Waals surface area (Å²) in [5.41, 5.74) is 1.42. The minimum Gasteiger partial charge on any atom is -0.378 e. The third kappa shape index (κ3) is 4.43. The summed E-state index contributed by atoms with van der Waals surface area (Å²) in [6.07, 6.45) is 6.63. The maximum Gasteiger partial charge on any atom is 0.0589 e. The summed E-state index contributed by atoms with van der Waals surface area (Å²) in [5, 5.41) is 3.68. The van der Waals surface area contributed by atoms with Crippen molar-refractivity contribution in [1.29, 1.82) is 0 Å². The molecule has 1 fully saturated rings. The molecular weight excluding hydrogens is 222 g/mol. The molecule has 2 unspecified atom stereocenters. The summed E-state index contributed by atoms with van der Waals surface area (Å²) in [4.78, 5) is 0. The Balaban J connectivity index is 1.67. The molecule has 0 aromatic heterocycles. The molecule has 1 aliphatic rings. The number of hydrogen-bond donors (Lipinski definition) is 1. The SMILES string of the molecule is CCOC1CCCC(NCCc2ccccc2)C1. The van der Waals surface area contributed by atoms with Gasteiger partial charge in [-0.3, -0.25) is 0 Å². The Kier molecular flexibility index (Phi) is 5.69. The van der Waals surface area contributed by atoms with Crippen molar-refractivity contribution in [2.24, 2.45) is 0 Å². The maximum atomic E-state index is 5.74. The van der Waals surface area contributed by atoms with Crippen LogP contribution in [0.5, 0.6) is 0 Å². The van der Waals surface area contributed by atoms with Crippen molar-refractivity contribution in [3.63, 3.8) is 0 Å². The van der Waals surface area contributed by atoms with Crippen molar-refractivity contribution < 1.29 is 4.74 Å². The van der Waals surface area contributed by atoms with Crippen molar-refractivity contribution in [2.75, 3.05) is 13.2 Å². The molecule has 2 heteroatoms. The van der Waals surface area contributed by atoms with Gasteiger partial charge in [-0.25, -0.2) is 0 Å². The Morgan fingerprint density at radius 1 is 1.22 bits per heavy atom. The van der Waals surface area contributed by atoms with Crippen LogP contribution in [0.1, 0.15) is 38.2 Å². The smallest absolute Gasteiger partial charge is 0.0589 e. The molecule has 1 N–H and O–H groups in total. The highest BCUT2D eigenvalue weighted by Gasteiger charge is 2.21. The molecule has 1 saturated carbocycles. The Bertz CT molecular complexity index is 323. The van der Waals surface area contributed by atoms with E-state index in [1.54, 1.807) is 0 Å². The van der Waals surface area contributed by atoms with E-state index < -0.39 is 0 Å². The highest BCUT2D eigenvalue weighted by molar-refractivity contribution is 5.14. The maximum absolute atomic E-state index is 5.74. The summed E-state index contributed by atoms with van der Waals surface area (Å²) < 4.78 is 5.74. The van der Waals surface area contributed by atoms with Gasteiger partial charge in [0.1, 0.15) is 0 Å². The van der Waals surface area contributed by atoms with Crippen LogP contribution >= 0.6 is 0 Å². The van der Waals surface area contributed by atoms with E-state index in [0.29, 0.717) is 12.1 Å². The van der Waals surface area contributed by atoms with E-state index in [9.17, 15) is 0 Å². The van der Waals surface area contributed by atoms with Gasteiger partial charge in [0.25, 0.3) is 0 Å². The van der Waals surface area contributed by atoms with E-state index in [0.717, 1.165) is 19.6 Å². The molecule has 0 radical (unpaired) electrons. The van der Waals surface area contributed by atoms with Gasteiger partial charge in [0.05, 0.1) is 6.10 Å². The molecule has 1 aromatic carbocycles. The number of hydrogen-bond acceptors (Lipinski definition) is 2. The van der Waals surface area contributed by atoms with Gasteiger partial charge in [-0.15, -0.1) is 0 Å². The first-order valence-electron chi connectivity index (χ1n) is 7.27. The second kappa shape index (κ2) is 7.55. The highest BCUT2D eigenvalue weighted by atomic mass is 16.5. The monoisotopic (exact) mass is 247 g/mol. The molecule has 2 nitrogen and oxygen atoms in total. The zero-order valence-corrected chi connectivity index (χ0v) is 11.4. The van der Waals surface area contributed by atoms with Gasteiger partial charge < -0.3 is 10.1 Å². The van der Waals surface area contributed by atoms with Gasteiger partial charge >= 0.3 is 0 Å². The second-order valence-electron chi connectivity index (χ2n) is 5.13. The minimum atomic E-state index is 0.484. The van der Waals surface area contributed by atoms with E-state index in [1.165, 1.54) is 31.2 Å². The number of benzene rings is 1. The Morgan fingerprint density at radius 3 is 2.83 bits per heavy atom. The topological polar surface area (TPSA) is 21.3 Å². The molecule has 18 heavy (non-hydrogen) atoms. The van der Waals surface area contributed by atoms with Crippen LogP contribution in [0.25, 0.3) is 0 Å². The van der Waals surface area contributed by atoms with Crippen LogP contribution in [0, 0.1) is 0 Å². The largest absolute Gasteiger partial charge is 0.378 e. The quantitative estimate of drug-likeness (QED) is 0.833. The number of ether oxygens (including phenoxy) is 1. The van der Waals surface area contributed by atoms with Crippen molar-refractivity contribution in [2.45, 2.75) is 51.2 Å². The van der Waals surface area contributed by atoms with E-state index in [4.69, 9.17) is 4.74 Å². The van der Waals surface area contributed by atoms with Gasteiger partial charge in [0.2, 0.25) is 0 Å². The van der Waals surface area contributed by atoms with Gasteiger partial charge in [0, 0.05) is 12.6 Å². The fourth-order valence-corrected chi connectivity index (χ4v) is 2.78. The first-order valence-corrected chi connectivity index (χ1v) is 7.27. The van der Waals surface area contributed by atoms with Gasteiger partial charge in [0.15, 0.2) is 0 Å².